The van der Waals surface area contributed by atoms with Crippen molar-refractivity contribution in [2.24, 2.45) is 5.41 Å². The second-order valence-electron chi connectivity index (χ2n) is 9.70. The van der Waals surface area contributed by atoms with E-state index in [1.807, 2.05) is 24.3 Å². The van der Waals surface area contributed by atoms with Crippen LogP contribution in [-0.4, -0.2) is 53.2 Å². The Morgan fingerprint density at radius 3 is 2.24 bits per heavy atom. The molecule has 4 rings (SSSR count). The molecule has 2 amide bonds. The summed E-state index contributed by atoms with van der Waals surface area (Å²) in [5.41, 5.74) is 2.39. The zero-order chi connectivity index (χ0) is 23.8. The monoisotopic (exact) mass is 450 g/mol. The Morgan fingerprint density at radius 1 is 1.09 bits per heavy atom. The molecular formula is C26H30N2O5. The van der Waals surface area contributed by atoms with Crippen LogP contribution in [0.3, 0.4) is 0 Å². The van der Waals surface area contributed by atoms with Gasteiger partial charge < -0.3 is 20.1 Å². The number of carboxylic acid groups (broad SMARTS) is 1. The molecule has 7 heteroatoms. The van der Waals surface area contributed by atoms with Crippen LogP contribution >= 0.6 is 0 Å². The van der Waals surface area contributed by atoms with E-state index in [-0.39, 0.29) is 25.0 Å². The molecule has 2 aromatic rings. The van der Waals surface area contributed by atoms with Crippen molar-refractivity contribution in [2.45, 2.75) is 45.1 Å². The van der Waals surface area contributed by atoms with Gasteiger partial charge in [0.15, 0.2) is 0 Å². The number of nitrogens with zero attached hydrogens (tertiary/aromatic N) is 1. The van der Waals surface area contributed by atoms with Crippen LogP contribution in [0.15, 0.2) is 48.5 Å². The van der Waals surface area contributed by atoms with Crippen molar-refractivity contribution in [3.8, 4) is 11.1 Å². The summed E-state index contributed by atoms with van der Waals surface area (Å²) < 4.78 is 5.55. The topological polar surface area (TPSA) is 95.9 Å². The molecule has 0 radical (unpaired) electrons. The molecule has 1 saturated heterocycles. The van der Waals surface area contributed by atoms with Gasteiger partial charge in [-0.1, -0.05) is 48.5 Å². The van der Waals surface area contributed by atoms with Crippen LogP contribution in [0, 0.1) is 5.41 Å². The summed E-state index contributed by atoms with van der Waals surface area (Å²) in [6.07, 6.45) is 0.467. The van der Waals surface area contributed by atoms with E-state index in [4.69, 9.17) is 4.74 Å². The molecule has 0 bridgehead atoms. The first-order chi connectivity index (χ1) is 15.6. The molecule has 7 nitrogen and oxygen atoms in total. The van der Waals surface area contributed by atoms with Crippen molar-refractivity contribution in [1.29, 1.82) is 0 Å². The van der Waals surface area contributed by atoms with Gasteiger partial charge in [-0.2, -0.15) is 0 Å². The second kappa shape index (κ2) is 8.54. The molecule has 1 aliphatic heterocycles. The smallest absolute Gasteiger partial charge is 0.407 e. The molecule has 33 heavy (non-hydrogen) atoms. The van der Waals surface area contributed by atoms with Crippen molar-refractivity contribution in [1.82, 2.24) is 10.2 Å². The number of carbonyl (C=O) groups is 3. The fourth-order valence-electron chi connectivity index (χ4n) is 4.89. The van der Waals surface area contributed by atoms with Gasteiger partial charge in [-0.25, -0.2) is 9.59 Å². The minimum atomic E-state index is -1.21. The maximum absolute atomic E-state index is 13.1. The Balaban J connectivity index is 1.37. The van der Waals surface area contributed by atoms with Crippen LogP contribution in [0.5, 0.6) is 0 Å². The second-order valence-corrected chi connectivity index (χ2v) is 9.70. The number of carbonyl (C=O) groups excluding carboxylic acids is 2. The predicted octanol–water partition coefficient (Wildman–Crippen LogP) is 4.02. The molecule has 2 aliphatic rings. The summed E-state index contributed by atoms with van der Waals surface area (Å²) >= 11 is 0. The van der Waals surface area contributed by atoms with Gasteiger partial charge in [-0.3, -0.25) is 4.79 Å². The van der Waals surface area contributed by atoms with E-state index in [1.165, 1.54) is 4.90 Å². The lowest BCUT2D eigenvalue weighted by molar-refractivity contribution is -0.159. The van der Waals surface area contributed by atoms with Gasteiger partial charge in [0.2, 0.25) is 5.91 Å². The summed E-state index contributed by atoms with van der Waals surface area (Å²) in [6.45, 7) is 5.64. The van der Waals surface area contributed by atoms with Gasteiger partial charge in [0, 0.05) is 19.0 Å². The Kier molecular flexibility index (Phi) is 5.91. The van der Waals surface area contributed by atoms with Crippen LogP contribution in [0.1, 0.15) is 50.7 Å². The van der Waals surface area contributed by atoms with Crippen molar-refractivity contribution in [3.63, 3.8) is 0 Å². The number of fused-ring (bicyclic) bond motifs is 3. The largest absolute Gasteiger partial charge is 0.480 e. The van der Waals surface area contributed by atoms with Crippen molar-refractivity contribution in [2.75, 3.05) is 19.7 Å². The quantitative estimate of drug-likeness (QED) is 0.693. The molecule has 1 aliphatic carbocycles. The SMILES string of the molecule is CC(C)(CNC(=O)OCC1c2ccccc2-c2ccccc21)C(=O)N1CCCC1(C)C(=O)O. The number of benzene rings is 2. The molecule has 1 heterocycles. The summed E-state index contributed by atoms with van der Waals surface area (Å²) in [4.78, 5) is 38.8. The molecule has 1 atom stereocenters. The molecular weight excluding hydrogens is 420 g/mol. The number of carboxylic acids is 1. The summed E-state index contributed by atoms with van der Waals surface area (Å²) in [6, 6.07) is 16.2. The molecule has 0 spiro atoms. The number of alkyl carbamates (subject to hydrolysis) is 1. The average molecular weight is 451 g/mol. The van der Waals surface area contributed by atoms with E-state index >= 15 is 0 Å². The minimum absolute atomic E-state index is 0.0429. The summed E-state index contributed by atoms with van der Waals surface area (Å²) in [5, 5.41) is 12.3. The number of rotatable bonds is 6. The highest BCUT2D eigenvalue weighted by Gasteiger charge is 2.49. The third kappa shape index (κ3) is 4.08. The fourth-order valence-corrected chi connectivity index (χ4v) is 4.89. The lowest BCUT2D eigenvalue weighted by Crippen LogP contribution is -2.56. The lowest BCUT2D eigenvalue weighted by Gasteiger charge is -2.37. The van der Waals surface area contributed by atoms with Crippen molar-refractivity contribution in [3.05, 3.63) is 59.7 Å². The predicted molar refractivity (Wildman–Crippen MR) is 124 cm³/mol. The first-order valence-electron chi connectivity index (χ1n) is 11.3. The van der Waals surface area contributed by atoms with Crippen LogP contribution in [-0.2, 0) is 14.3 Å². The molecule has 2 aromatic carbocycles. The van der Waals surface area contributed by atoms with Crippen LogP contribution < -0.4 is 5.32 Å². The lowest BCUT2D eigenvalue weighted by atomic mass is 9.89. The number of hydrogen-bond donors (Lipinski definition) is 2. The van der Waals surface area contributed by atoms with E-state index in [1.54, 1.807) is 20.8 Å². The molecule has 0 saturated carbocycles. The van der Waals surface area contributed by atoms with Gasteiger partial charge in [-0.05, 0) is 55.9 Å². The van der Waals surface area contributed by atoms with Gasteiger partial charge in [0.25, 0.3) is 0 Å². The van der Waals surface area contributed by atoms with Crippen LogP contribution in [0.4, 0.5) is 4.79 Å². The summed E-state index contributed by atoms with van der Waals surface area (Å²) in [7, 11) is 0. The molecule has 1 fully saturated rings. The Hall–Kier alpha value is -3.35. The molecule has 174 valence electrons. The van der Waals surface area contributed by atoms with E-state index in [0.717, 1.165) is 22.3 Å². The highest BCUT2D eigenvalue weighted by molar-refractivity contribution is 5.90. The van der Waals surface area contributed by atoms with Gasteiger partial charge >= 0.3 is 12.1 Å². The van der Waals surface area contributed by atoms with Gasteiger partial charge in [0.1, 0.15) is 12.1 Å². The summed E-state index contributed by atoms with van der Waals surface area (Å²) in [5.74, 6) is -1.34. The van der Waals surface area contributed by atoms with E-state index in [9.17, 15) is 19.5 Å². The minimum Gasteiger partial charge on any atom is -0.480 e. The van der Waals surface area contributed by atoms with Crippen LogP contribution in [0.2, 0.25) is 0 Å². The van der Waals surface area contributed by atoms with E-state index in [2.05, 4.69) is 29.6 Å². The molecule has 0 aromatic heterocycles. The number of likely N-dealkylation sites (tertiary alicyclic amines) is 1. The van der Waals surface area contributed by atoms with E-state index in [0.29, 0.717) is 19.4 Å². The Morgan fingerprint density at radius 2 is 1.67 bits per heavy atom. The maximum atomic E-state index is 13.1. The van der Waals surface area contributed by atoms with Gasteiger partial charge in [0.05, 0.1) is 5.41 Å². The average Bonchev–Trinajstić information content (AvgIpc) is 3.35. The molecule has 1 unspecified atom stereocenters. The van der Waals surface area contributed by atoms with Crippen molar-refractivity contribution >= 4 is 18.0 Å². The number of amides is 2. The highest BCUT2D eigenvalue weighted by atomic mass is 16.5. The third-order valence-corrected chi connectivity index (χ3v) is 6.94. The van der Waals surface area contributed by atoms with Crippen LogP contribution in [0.25, 0.3) is 11.1 Å². The number of aliphatic carboxylic acids is 1. The standard InChI is InChI=1S/C26H30N2O5/c1-25(2,22(29)28-14-8-13-26(28,3)23(30)31)16-27-24(32)33-15-21-19-11-6-4-9-17(19)18-10-5-7-12-20(18)21/h4-7,9-12,21H,8,13-16H2,1-3H3,(H,27,32)(H,30,31). The first-order valence-corrected chi connectivity index (χ1v) is 11.3. The van der Waals surface area contributed by atoms with E-state index < -0.39 is 23.0 Å². The number of nitrogens with one attached hydrogen (secondary N) is 1. The number of hydrogen-bond acceptors (Lipinski definition) is 4. The van der Waals surface area contributed by atoms with Gasteiger partial charge in [-0.15, -0.1) is 0 Å². The third-order valence-electron chi connectivity index (χ3n) is 6.94. The fraction of sp³-hybridized carbons (Fsp3) is 0.423. The Bertz CT molecular complexity index is 1050. The maximum Gasteiger partial charge on any atom is 0.407 e. The molecule has 2 N–H and O–H groups in total. The highest BCUT2D eigenvalue weighted by Crippen LogP contribution is 2.44. The zero-order valence-electron chi connectivity index (χ0n) is 19.3. The normalized spacial score (nSPS) is 19.7. The Labute approximate surface area is 193 Å². The number of ether oxygens (including phenoxy) is 1. The van der Waals surface area contributed by atoms with Crippen molar-refractivity contribution < 1.29 is 24.2 Å². The first kappa shape index (κ1) is 22.8. The zero-order valence-corrected chi connectivity index (χ0v) is 19.3.